The van der Waals surface area contributed by atoms with Gasteiger partial charge in [-0.05, 0) is 42.8 Å². The lowest BCUT2D eigenvalue weighted by Crippen LogP contribution is -2.19. The summed E-state index contributed by atoms with van der Waals surface area (Å²) in [7, 11) is -3.37. The zero-order valence-electron chi connectivity index (χ0n) is 11.0. The molecule has 0 radical (unpaired) electrons. The summed E-state index contributed by atoms with van der Waals surface area (Å²) in [5, 5.41) is 0. The standard InChI is InChI=1S/C14H15BrN2O2S/c1-11-10-12(15)5-6-14(11)17-20(18,19)9-7-13-4-2-3-8-16-13/h2-6,8,10,17H,7,9H2,1H3. The Kier molecular flexibility index (Phi) is 4.77. The Hall–Kier alpha value is -1.40. The molecular formula is C14H15BrN2O2S. The Labute approximate surface area is 127 Å². The lowest BCUT2D eigenvalue weighted by molar-refractivity contribution is 0.600. The third kappa shape index (κ3) is 4.31. The topological polar surface area (TPSA) is 59.1 Å². The zero-order valence-corrected chi connectivity index (χ0v) is 13.4. The number of hydrogen-bond donors (Lipinski definition) is 1. The van der Waals surface area contributed by atoms with Crippen molar-refractivity contribution in [3.63, 3.8) is 0 Å². The van der Waals surface area contributed by atoms with Crippen molar-refractivity contribution in [2.45, 2.75) is 13.3 Å². The van der Waals surface area contributed by atoms with Crippen LogP contribution in [0.2, 0.25) is 0 Å². The number of nitrogens with one attached hydrogen (secondary N) is 1. The number of pyridine rings is 1. The largest absolute Gasteiger partial charge is 0.283 e. The monoisotopic (exact) mass is 354 g/mol. The van der Waals surface area contributed by atoms with Crippen LogP contribution in [0.1, 0.15) is 11.3 Å². The molecule has 106 valence electrons. The van der Waals surface area contributed by atoms with Crippen molar-refractivity contribution in [3.05, 3.63) is 58.3 Å². The van der Waals surface area contributed by atoms with E-state index >= 15 is 0 Å². The highest BCUT2D eigenvalue weighted by molar-refractivity contribution is 9.10. The fourth-order valence-corrected chi connectivity index (χ4v) is 3.36. The summed E-state index contributed by atoms with van der Waals surface area (Å²) in [5.74, 6) is 0.0134. The molecule has 0 saturated carbocycles. The summed E-state index contributed by atoms with van der Waals surface area (Å²) in [5.41, 5.74) is 2.25. The minimum absolute atomic E-state index is 0.0134. The maximum atomic E-state index is 12.1. The van der Waals surface area contributed by atoms with Crippen molar-refractivity contribution in [2.24, 2.45) is 0 Å². The van der Waals surface area contributed by atoms with E-state index in [1.165, 1.54) is 0 Å². The third-order valence-electron chi connectivity index (χ3n) is 2.81. The molecule has 0 aliphatic heterocycles. The van der Waals surface area contributed by atoms with E-state index in [2.05, 4.69) is 25.6 Å². The Morgan fingerprint density at radius 1 is 1.25 bits per heavy atom. The molecule has 0 aliphatic carbocycles. The minimum atomic E-state index is -3.37. The minimum Gasteiger partial charge on any atom is -0.283 e. The van der Waals surface area contributed by atoms with Crippen LogP contribution in [0.5, 0.6) is 0 Å². The number of hydrogen-bond acceptors (Lipinski definition) is 3. The highest BCUT2D eigenvalue weighted by Crippen LogP contribution is 2.21. The summed E-state index contributed by atoms with van der Waals surface area (Å²) < 4.78 is 27.6. The van der Waals surface area contributed by atoms with Crippen LogP contribution in [0, 0.1) is 6.92 Å². The molecule has 1 heterocycles. The van der Waals surface area contributed by atoms with E-state index in [4.69, 9.17) is 0 Å². The van der Waals surface area contributed by atoms with E-state index in [1.54, 1.807) is 18.3 Å². The molecule has 20 heavy (non-hydrogen) atoms. The van der Waals surface area contributed by atoms with Crippen molar-refractivity contribution in [2.75, 3.05) is 10.5 Å². The van der Waals surface area contributed by atoms with Crippen LogP contribution in [-0.2, 0) is 16.4 Å². The molecule has 1 N–H and O–H groups in total. The van der Waals surface area contributed by atoms with E-state index in [1.807, 2.05) is 31.2 Å². The third-order valence-corrected chi connectivity index (χ3v) is 4.57. The van der Waals surface area contributed by atoms with Gasteiger partial charge in [-0.2, -0.15) is 0 Å². The molecule has 0 amide bonds. The van der Waals surface area contributed by atoms with Crippen molar-refractivity contribution in [3.8, 4) is 0 Å². The number of benzene rings is 1. The van der Waals surface area contributed by atoms with Gasteiger partial charge in [0.2, 0.25) is 10.0 Å². The van der Waals surface area contributed by atoms with Crippen LogP contribution in [0.3, 0.4) is 0 Å². The first kappa shape index (κ1) is 15.0. The SMILES string of the molecule is Cc1cc(Br)ccc1NS(=O)(=O)CCc1ccccn1. The van der Waals surface area contributed by atoms with Crippen LogP contribution in [0.4, 0.5) is 5.69 Å². The van der Waals surface area contributed by atoms with Gasteiger partial charge in [0.15, 0.2) is 0 Å². The van der Waals surface area contributed by atoms with E-state index in [0.29, 0.717) is 12.1 Å². The summed E-state index contributed by atoms with van der Waals surface area (Å²) >= 11 is 3.35. The average Bonchev–Trinajstić information content (AvgIpc) is 2.41. The Morgan fingerprint density at radius 3 is 2.70 bits per heavy atom. The molecule has 6 heteroatoms. The molecule has 0 bridgehead atoms. The van der Waals surface area contributed by atoms with Gasteiger partial charge in [0, 0.05) is 22.8 Å². The van der Waals surface area contributed by atoms with Crippen molar-refractivity contribution < 1.29 is 8.42 Å². The molecule has 4 nitrogen and oxygen atoms in total. The Morgan fingerprint density at radius 2 is 2.05 bits per heavy atom. The first-order valence-corrected chi connectivity index (χ1v) is 8.57. The molecule has 0 spiro atoms. The Bertz CT molecular complexity index is 688. The molecule has 0 atom stereocenters. The van der Waals surface area contributed by atoms with E-state index in [-0.39, 0.29) is 5.75 Å². The molecule has 2 rings (SSSR count). The van der Waals surface area contributed by atoms with Gasteiger partial charge in [-0.1, -0.05) is 22.0 Å². The number of anilines is 1. The fourth-order valence-electron chi connectivity index (χ4n) is 1.75. The smallest absolute Gasteiger partial charge is 0.233 e. The molecule has 0 fully saturated rings. The number of nitrogens with zero attached hydrogens (tertiary/aromatic N) is 1. The van der Waals surface area contributed by atoms with Crippen LogP contribution in [0.15, 0.2) is 47.1 Å². The highest BCUT2D eigenvalue weighted by Gasteiger charge is 2.12. The van der Waals surface area contributed by atoms with Gasteiger partial charge >= 0.3 is 0 Å². The van der Waals surface area contributed by atoms with E-state index < -0.39 is 10.0 Å². The summed E-state index contributed by atoms with van der Waals surface area (Å²) in [6.07, 6.45) is 2.06. The molecule has 1 aromatic carbocycles. The van der Waals surface area contributed by atoms with Gasteiger partial charge < -0.3 is 0 Å². The first-order chi connectivity index (χ1) is 9.46. The molecular weight excluding hydrogens is 340 g/mol. The number of sulfonamides is 1. The normalized spacial score (nSPS) is 11.3. The average molecular weight is 355 g/mol. The maximum absolute atomic E-state index is 12.1. The summed E-state index contributed by atoms with van der Waals surface area (Å²) in [6.45, 7) is 1.86. The quantitative estimate of drug-likeness (QED) is 0.897. The zero-order chi connectivity index (χ0) is 14.6. The second kappa shape index (κ2) is 6.37. The van der Waals surface area contributed by atoms with Gasteiger partial charge in [0.05, 0.1) is 11.4 Å². The highest BCUT2D eigenvalue weighted by atomic mass is 79.9. The predicted molar refractivity (Wildman–Crippen MR) is 84.2 cm³/mol. The number of rotatable bonds is 5. The molecule has 2 aromatic rings. The summed E-state index contributed by atoms with van der Waals surface area (Å²) in [6, 6.07) is 10.9. The number of halogens is 1. The fraction of sp³-hybridized carbons (Fsp3) is 0.214. The maximum Gasteiger partial charge on any atom is 0.233 e. The molecule has 0 unspecified atom stereocenters. The van der Waals surface area contributed by atoms with Crippen molar-refractivity contribution in [1.29, 1.82) is 0 Å². The number of aromatic nitrogens is 1. The first-order valence-electron chi connectivity index (χ1n) is 6.13. The van der Waals surface area contributed by atoms with Crippen LogP contribution >= 0.6 is 15.9 Å². The van der Waals surface area contributed by atoms with E-state index in [9.17, 15) is 8.42 Å². The predicted octanol–water partition coefficient (Wildman–Crippen LogP) is 3.14. The number of aryl methyl sites for hydroxylation is 2. The van der Waals surface area contributed by atoms with Gasteiger partial charge in [0.25, 0.3) is 0 Å². The molecule has 0 aliphatic rings. The second-order valence-electron chi connectivity index (χ2n) is 4.45. The van der Waals surface area contributed by atoms with Gasteiger partial charge in [-0.15, -0.1) is 0 Å². The lowest BCUT2D eigenvalue weighted by Gasteiger charge is -2.10. The van der Waals surface area contributed by atoms with Crippen molar-refractivity contribution >= 4 is 31.6 Å². The molecule has 1 aromatic heterocycles. The van der Waals surface area contributed by atoms with Gasteiger partial charge in [0.1, 0.15) is 0 Å². The van der Waals surface area contributed by atoms with Crippen molar-refractivity contribution in [1.82, 2.24) is 4.98 Å². The lowest BCUT2D eigenvalue weighted by atomic mass is 10.2. The van der Waals surface area contributed by atoms with Crippen LogP contribution in [-0.4, -0.2) is 19.2 Å². The van der Waals surface area contributed by atoms with Crippen LogP contribution < -0.4 is 4.72 Å². The summed E-state index contributed by atoms with van der Waals surface area (Å²) in [4.78, 5) is 4.12. The molecule has 0 saturated heterocycles. The van der Waals surface area contributed by atoms with Crippen LogP contribution in [0.25, 0.3) is 0 Å². The second-order valence-corrected chi connectivity index (χ2v) is 7.21. The van der Waals surface area contributed by atoms with Gasteiger partial charge in [-0.3, -0.25) is 9.71 Å². The Balaban J connectivity index is 2.04. The van der Waals surface area contributed by atoms with E-state index in [0.717, 1.165) is 15.7 Å². The van der Waals surface area contributed by atoms with Gasteiger partial charge in [-0.25, -0.2) is 8.42 Å².